The zero-order valence-corrected chi connectivity index (χ0v) is 10.9. The molecule has 6 heteroatoms. The van der Waals surface area contributed by atoms with Crippen LogP contribution < -0.4 is 11.1 Å². The molecule has 5 nitrogen and oxygen atoms in total. The number of aromatic nitrogens is 1. The second-order valence-electron chi connectivity index (χ2n) is 3.83. The third-order valence-electron chi connectivity index (χ3n) is 2.54. The summed E-state index contributed by atoms with van der Waals surface area (Å²) in [7, 11) is 0. The average Bonchev–Trinajstić information content (AvgIpc) is 2.87. The maximum absolute atomic E-state index is 8.38. The smallest absolute Gasteiger partial charge is 0.139 e. The van der Waals surface area contributed by atoms with Gasteiger partial charge in [0.2, 0.25) is 0 Å². The first kappa shape index (κ1) is 13.9. The van der Waals surface area contributed by atoms with Gasteiger partial charge in [-0.15, -0.1) is 11.3 Å². The van der Waals surface area contributed by atoms with E-state index < -0.39 is 0 Å². The van der Waals surface area contributed by atoms with Crippen molar-refractivity contribution in [3.05, 3.63) is 16.6 Å². The van der Waals surface area contributed by atoms with E-state index in [4.69, 9.17) is 10.9 Å². The van der Waals surface area contributed by atoms with Gasteiger partial charge in [-0.1, -0.05) is 12.1 Å². The van der Waals surface area contributed by atoms with Crippen LogP contribution in [0.4, 0.5) is 0 Å². The van der Waals surface area contributed by atoms with Crippen LogP contribution in [-0.4, -0.2) is 22.6 Å². The van der Waals surface area contributed by atoms with E-state index in [2.05, 4.69) is 22.4 Å². The molecule has 0 fully saturated rings. The molecule has 0 saturated carbocycles. The molecule has 0 bridgehead atoms. The highest BCUT2D eigenvalue weighted by molar-refractivity contribution is 7.09. The molecular formula is C11H20N4OS. The van der Waals surface area contributed by atoms with Crippen LogP contribution >= 0.6 is 11.3 Å². The van der Waals surface area contributed by atoms with E-state index in [0.29, 0.717) is 18.3 Å². The SMILES string of the molecule is CCC(NCCCCC(N)=NO)c1nccs1. The van der Waals surface area contributed by atoms with Gasteiger partial charge in [0.15, 0.2) is 0 Å². The molecule has 1 unspecified atom stereocenters. The first-order valence-corrected chi connectivity index (χ1v) is 6.75. The van der Waals surface area contributed by atoms with Crippen molar-refractivity contribution >= 4 is 17.2 Å². The summed E-state index contributed by atoms with van der Waals surface area (Å²) >= 11 is 1.68. The van der Waals surface area contributed by atoms with Crippen LogP contribution in [-0.2, 0) is 0 Å². The van der Waals surface area contributed by atoms with Gasteiger partial charge in [0.1, 0.15) is 10.8 Å². The summed E-state index contributed by atoms with van der Waals surface area (Å²) in [4.78, 5) is 4.31. The molecule has 4 N–H and O–H groups in total. The number of oxime groups is 1. The zero-order valence-electron chi connectivity index (χ0n) is 10.1. The first-order chi connectivity index (χ1) is 8.27. The highest BCUT2D eigenvalue weighted by Gasteiger charge is 2.10. The van der Waals surface area contributed by atoms with Crippen LogP contribution in [0.15, 0.2) is 16.7 Å². The lowest BCUT2D eigenvalue weighted by molar-refractivity contribution is 0.316. The maximum atomic E-state index is 8.38. The molecule has 0 aliphatic heterocycles. The second-order valence-corrected chi connectivity index (χ2v) is 4.76. The van der Waals surface area contributed by atoms with E-state index in [0.717, 1.165) is 30.8 Å². The Morgan fingerprint density at radius 1 is 1.65 bits per heavy atom. The molecule has 96 valence electrons. The van der Waals surface area contributed by atoms with Gasteiger partial charge >= 0.3 is 0 Å². The van der Waals surface area contributed by atoms with E-state index in [1.807, 2.05) is 11.6 Å². The average molecular weight is 256 g/mol. The van der Waals surface area contributed by atoms with Crippen molar-refractivity contribution in [1.82, 2.24) is 10.3 Å². The maximum Gasteiger partial charge on any atom is 0.139 e. The van der Waals surface area contributed by atoms with Gasteiger partial charge in [0.25, 0.3) is 0 Å². The van der Waals surface area contributed by atoms with Gasteiger partial charge in [0, 0.05) is 18.0 Å². The molecule has 1 atom stereocenters. The molecule has 1 heterocycles. The first-order valence-electron chi connectivity index (χ1n) is 5.87. The number of rotatable bonds is 8. The Balaban J connectivity index is 2.17. The fourth-order valence-electron chi connectivity index (χ4n) is 1.57. The molecule has 0 amide bonds. The van der Waals surface area contributed by atoms with Gasteiger partial charge in [-0.05, 0) is 25.8 Å². The van der Waals surface area contributed by atoms with Crippen molar-refractivity contribution in [3.8, 4) is 0 Å². The Morgan fingerprint density at radius 2 is 2.47 bits per heavy atom. The van der Waals surface area contributed by atoms with E-state index >= 15 is 0 Å². The number of nitrogens with one attached hydrogen (secondary N) is 1. The van der Waals surface area contributed by atoms with Crippen LogP contribution in [0.2, 0.25) is 0 Å². The molecule has 1 aromatic rings. The van der Waals surface area contributed by atoms with Crippen LogP contribution in [0.5, 0.6) is 0 Å². The molecular weight excluding hydrogens is 236 g/mol. The Morgan fingerprint density at radius 3 is 3.06 bits per heavy atom. The van der Waals surface area contributed by atoms with Crippen LogP contribution in [0, 0.1) is 0 Å². The standard InChI is InChI=1S/C11H20N4OS/c1-2-9(11-14-7-8-17-11)13-6-4-3-5-10(12)15-16/h7-9,13,16H,2-6H2,1H3,(H2,12,15). The van der Waals surface area contributed by atoms with E-state index in [1.54, 1.807) is 11.3 Å². The van der Waals surface area contributed by atoms with E-state index in [9.17, 15) is 0 Å². The molecule has 0 saturated heterocycles. The summed E-state index contributed by atoms with van der Waals surface area (Å²) in [5.74, 6) is 0.303. The molecule has 0 radical (unpaired) electrons. The largest absolute Gasteiger partial charge is 0.409 e. The van der Waals surface area contributed by atoms with Crippen molar-refractivity contribution in [2.75, 3.05) is 6.54 Å². The quantitative estimate of drug-likeness (QED) is 0.219. The number of unbranched alkanes of at least 4 members (excludes halogenated alkanes) is 1. The summed E-state index contributed by atoms with van der Waals surface area (Å²) in [5.41, 5.74) is 5.39. The van der Waals surface area contributed by atoms with Crippen molar-refractivity contribution in [3.63, 3.8) is 0 Å². The third kappa shape index (κ3) is 5.14. The van der Waals surface area contributed by atoms with Gasteiger partial charge < -0.3 is 16.3 Å². The predicted molar refractivity (Wildman–Crippen MR) is 70.4 cm³/mol. The zero-order chi connectivity index (χ0) is 12.5. The lowest BCUT2D eigenvalue weighted by Crippen LogP contribution is -2.22. The number of nitrogens with two attached hydrogens (primary N) is 1. The molecule has 1 aromatic heterocycles. The number of amidine groups is 1. The number of hydrogen-bond acceptors (Lipinski definition) is 5. The Labute approximate surface area is 106 Å². The molecule has 0 aliphatic rings. The Hall–Kier alpha value is -1.14. The van der Waals surface area contributed by atoms with Gasteiger partial charge in [-0.25, -0.2) is 4.98 Å². The normalized spacial score (nSPS) is 13.8. The minimum absolute atomic E-state index is 0.303. The number of nitrogens with zero attached hydrogens (tertiary/aromatic N) is 2. The van der Waals surface area contributed by atoms with Gasteiger partial charge in [-0.3, -0.25) is 0 Å². The Kier molecular flexibility index (Phi) is 6.57. The van der Waals surface area contributed by atoms with Crippen molar-refractivity contribution < 1.29 is 5.21 Å². The van der Waals surface area contributed by atoms with Crippen molar-refractivity contribution in [2.24, 2.45) is 10.9 Å². The topological polar surface area (TPSA) is 83.5 Å². The number of thiazole rings is 1. The minimum Gasteiger partial charge on any atom is -0.409 e. The van der Waals surface area contributed by atoms with Gasteiger partial charge in [0.05, 0.1) is 6.04 Å². The van der Waals surface area contributed by atoms with E-state index in [1.165, 1.54) is 0 Å². The minimum atomic E-state index is 0.303. The molecule has 1 rings (SSSR count). The molecule has 0 spiro atoms. The summed E-state index contributed by atoms with van der Waals surface area (Å²) in [6.45, 7) is 3.08. The van der Waals surface area contributed by atoms with Crippen LogP contribution in [0.3, 0.4) is 0 Å². The molecule has 0 aliphatic carbocycles. The fourth-order valence-corrected chi connectivity index (χ4v) is 2.37. The van der Waals surface area contributed by atoms with E-state index in [-0.39, 0.29) is 0 Å². The monoisotopic (exact) mass is 256 g/mol. The number of hydrogen-bond donors (Lipinski definition) is 3. The summed E-state index contributed by atoms with van der Waals surface area (Å²) in [6.07, 6.45) is 5.46. The Bertz CT molecular complexity index is 326. The highest BCUT2D eigenvalue weighted by atomic mass is 32.1. The van der Waals surface area contributed by atoms with Crippen molar-refractivity contribution in [1.29, 1.82) is 0 Å². The predicted octanol–water partition coefficient (Wildman–Crippen LogP) is 2.10. The highest BCUT2D eigenvalue weighted by Crippen LogP contribution is 2.18. The second kappa shape index (κ2) is 8.03. The molecule has 0 aromatic carbocycles. The fraction of sp³-hybridized carbons (Fsp3) is 0.636. The van der Waals surface area contributed by atoms with Crippen molar-refractivity contribution in [2.45, 2.75) is 38.6 Å². The van der Waals surface area contributed by atoms with Gasteiger partial charge in [-0.2, -0.15) is 0 Å². The lowest BCUT2D eigenvalue weighted by Gasteiger charge is -2.13. The summed E-state index contributed by atoms with van der Waals surface area (Å²) < 4.78 is 0. The van der Waals surface area contributed by atoms with Crippen LogP contribution in [0.25, 0.3) is 0 Å². The summed E-state index contributed by atoms with van der Waals surface area (Å²) in [5, 5.41) is 17.9. The third-order valence-corrected chi connectivity index (χ3v) is 3.43. The lowest BCUT2D eigenvalue weighted by atomic mass is 10.2. The summed E-state index contributed by atoms with van der Waals surface area (Å²) in [6, 6.07) is 0.346. The van der Waals surface area contributed by atoms with Crippen LogP contribution in [0.1, 0.15) is 43.7 Å². The molecule has 17 heavy (non-hydrogen) atoms.